The average Bonchev–Trinajstić information content (AvgIpc) is 3.15. The van der Waals surface area contributed by atoms with E-state index in [0.717, 1.165) is 36.3 Å². The maximum Gasteiger partial charge on any atom is 0.332 e. The molecule has 3 heterocycles. The van der Waals surface area contributed by atoms with Crippen molar-refractivity contribution < 1.29 is 9.84 Å². The highest BCUT2D eigenvalue weighted by Crippen LogP contribution is 2.22. The van der Waals surface area contributed by atoms with Crippen LogP contribution >= 0.6 is 0 Å². The smallest absolute Gasteiger partial charge is 0.332 e. The summed E-state index contributed by atoms with van der Waals surface area (Å²) in [5.74, 6) is 1.29. The first-order chi connectivity index (χ1) is 15.3. The molecule has 32 heavy (non-hydrogen) atoms. The van der Waals surface area contributed by atoms with E-state index in [2.05, 4.69) is 21.8 Å². The number of benzene rings is 1. The van der Waals surface area contributed by atoms with Gasteiger partial charge in [0.1, 0.15) is 18.5 Å². The van der Waals surface area contributed by atoms with Crippen molar-refractivity contribution in [3.63, 3.8) is 0 Å². The topological polar surface area (TPSA) is 97.8 Å². The molecular formula is C22H30N6O4. The maximum atomic E-state index is 13.0. The third-order valence-electron chi connectivity index (χ3n) is 6.03. The number of anilines is 1. The van der Waals surface area contributed by atoms with Crippen LogP contribution in [0.3, 0.4) is 0 Å². The number of rotatable bonds is 6. The van der Waals surface area contributed by atoms with E-state index in [0.29, 0.717) is 22.9 Å². The van der Waals surface area contributed by atoms with Crippen molar-refractivity contribution in [1.29, 1.82) is 0 Å². The number of likely N-dealkylation sites (N-methyl/N-ethyl adjacent to an activating group) is 1. The number of ether oxygens (including phenoxy) is 1. The number of para-hydroxylation sites is 1. The van der Waals surface area contributed by atoms with Gasteiger partial charge in [-0.15, -0.1) is 0 Å². The lowest BCUT2D eigenvalue weighted by molar-refractivity contribution is 0.0932. The van der Waals surface area contributed by atoms with E-state index in [-0.39, 0.29) is 13.2 Å². The molecule has 172 valence electrons. The van der Waals surface area contributed by atoms with E-state index in [1.807, 2.05) is 31.2 Å². The molecule has 1 atom stereocenters. The van der Waals surface area contributed by atoms with Gasteiger partial charge in [0, 0.05) is 40.3 Å². The normalized spacial score (nSPS) is 16.0. The molecule has 10 heteroatoms. The SMILES string of the molecule is Cc1ccccc1OC[C@@H](O)Cn1c(N2CCN(C)CC2)nc2c1c(=O)n(C)c(=O)n2C. The predicted molar refractivity (Wildman–Crippen MR) is 123 cm³/mol. The monoisotopic (exact) mass is 442 g/mol. The summed E-state index contributed by atoms with van der Waals surface area (Å²) >= 11 is 0. The predicted octanol–water partition coefficient (Wildman–Crippen LogP) is -0.0662. The molecule has 1 saturated heterocycles. The van der Waals surface area contributed by atoms with Gasteiger partial charge in [0.05, 0.1) is 6.54 Å². The highest BCUT2D eigenvalue weighted by molar-refractivity contribution is 5.74. The summed E-state index contributed by atoms with van der Waals surface area (Å²) < 4.78 is 10.00. The minimum Gasteiger partial charge on any atom is -0.491 e. The van der Waals surface area contributed by atoms with E-state index in [1.165, 1.54) is 11.6 Å². The molecule has 0 unspecified atom stereocenters. The lowest BCUT2D eigenvalue weighted by Gasteiger charge is -2.33. The number of fused-ring (bicyclic) bond motifs is 1. The fraction of sp³-hybridized carbons (Fsp3) is 0.500. The van der Waals surface area contributed by atoms with Crippen LogP contribution in [0.2, 0.25) is 0 Å². The molecular weight excluding hydrogens is 412 g/mol. The van der Waals surface area contributed by atoms with Crippen LogP contribution in [0.5, 0.6) is 5.75 Å². The second-order valence-electron chi connectivity index (χ2n) is 8.42. The Balaban J connectivity index is 1.71. The summed E-state index contributed by atoms with van der Waals surface area (Å²) in [6.07, 6.45) is -0.875. The first kappa shape index (κ1) is 22.1. The molecule has 0 bridgehead atoms. The average molecular weight is 443 g/mol. The Kier molecular flexibility index (Phi) is 6.07. The Morgan fingerprint density at radius 3 is 2.44 bits per heavy atom. The van der Waals surface area contributed by atoms with Gasteiger partial charge in [-0.25, -0.2) is 4.79 Å². The Morgan fingerprint density at radius 2 is 1.75 bits per heavy atom. The van der Waals surface area contributed by atoms with Gasteiger partial charge in [0.25, 0.3) is 5.56 Å². The number of hydrogen-bond acceptors (Lipinski definition) is 7. The van der Waals surface area contributed by atoms with Crippen LogP contribution in [0.15, 0.2) is 33.9 Å². The van der Waals surface area contributed by atoms with Crippen LogP contribution in [0.25, 0.3) is 11.2 Å². The van der Waals surface area contributed by atoms with Crippen molar-refractivity contribution in [3.05, 3.63) is 50.7 Å². The molecule has 1 aromatic carbocycles. The van der Waals surface area contributed by atoms with Crippen molar-refractivity contribution >= 4 is 17.1 Å². The summed E-state index contributed by atoms with van der Waals surface area (Å²) in [5, 5.41) is 10.8. The van der Waals surface area contributed by atoms with Gasteiger partial charge < -0.3 is 24.2 Å². The first-order valence-electron chi connectivity index (χ1n) is 10.7. The summed E-state index contributed by atoms with van der Waals surface area (Å²) in [6.45, 7) is 5.34. The standard InChI is InChI=1S/C22H30N6O4/c1-15-7-5-6-8-17(15)32-14-16(29)13-28-18-19(25(3)22(31)26(4)20(18)30)23-21(28)27-11-9-24(2)10-12-27/h5-8,16,29H,9-14H2,1-4H3/t16-/m0/s1. The number of aryl methyl sites for hydroxylation is 2. The van der Waals surface area contributed by atoms with Gasteiger partial charge in [0.15, 0.2) is 11.2 Å². The molecule has 1 aliphatic rings. The van der Waals surface area contributed by atoms with Gasteiger partial charge in [-0.05, 0) is 25.6 Å². The number of nitrogens with zero attached hydrogens (tertiary/aromatic N) is 6. The van der Waals surface area contributed by atoms with Crippen LogP contribution in [-0.4, -0.2) is 74.6 Å². The molecule has 1 N–H and O–H groups in total. The molecule has 10 nitrogen and oxygen atoms in total. The number of aliphatic hydroxyl groups is 1. The summed E-state index contributed by atoms with van der Waals surface area (Å²) in [7, 11) is 5.12. The zero-order valence-corrected chi connectivity index (χ0v) is 19.0. The number of piperazine rings is 1. The van der Waals surface area contributed by atoms with E-state index in [9.17, 15) is 14.7 Å². The molecule has 1 aliphatic heterocycles. The molecule has 0 spiro atoms. The molecule has 0 radical (unpaired) electrons. The van der Waals surface area contributed by atoms with Crippen LogP contribution < -0.4 is 20.9 Å². The largest absolute Gasteiger partial charge is 0.491 e. The number of aromatic nitrogens is 4. The van der Waals surface area contributed by atoms with Crippen molar-refractivity contribution in [1.82, 2.24) is 23.6 Å². The Labute approximate surface area is 185 Å². The molecule has 0 saturated carbocycles. The minimum absolute atomic E-state index is 0.0682. The zero-order chi connectivity index (χ0) is 23.0. The summed E-state index contributed by atoms with van der Waals surface area (Å²) in [5.41, 5.74) is 0.746. The van der Waals surface area contributed by atoms with Crippen molar-refractivity contribution in [2.24, 2.45) is 14.1 Å². The fourth-order valence-corrected chi connectivity index (χ4v) is 4.02. The van der Waals surface area contributed by atoms with Crippen molar-refractivity contribution in [3.8, 4) is 5.75 Å². The first-order valence-corrected chi connectivity index (χ1v) is 10.7. The highest BCUT2D eigenvalue weighted by Gasteiger charge is 2.26. The van der Waals surface area contributed by atoms with Crippen LogP contribution in [-0.2, 0) is 20.6 Å². The van der Waals surface area contributed by atoms with Crippen molar-refractivity contribution in [2.45, 2.75) is 19.6 Å². The van der Waals surface area contributed by atoms with E-state index in [1.54, 1.807) is 11.6 Å². The van der Waals surface area contributed by atoms with Crippen molar-refractivity contribution in [2.75, 3.05) is 44.7 Å². The number of aliphatic hydroxyl groups excluding tert-OH is 1. The second-order valence-corrected chi connectivity index (χ2v) is 8.42. The zero-order valence-electron chi connectivity index (χ0n) is 19.0. The molecule has 4 rings (SSSR count). The summed E-state index contributed by atoms with van der Waals surface area (Å²) in [4.78, 5) is 34.5. The lowest BCUT2D eigenvalue weighted by Crippen LogP contribution is -2.45. The third-order valence-corrected chi connectivity index (χ3v) is 6.03. The number of hydrogen-bond donors (Lipinski definition) is 1. The Hall–Kier alpha value is -3.11. The fourth-order valence-electron chi connectivity index (χ4n) is 4.02. The van der Waals surface area contributed by atoms with Gasteiger partial charge in [-0.1, -0.05) is 18.2 Å². The third kappa shape index (κ3) is 4.03. The van der Waals surface area contributed by atoms with E-state index >= 15 is 0 Å². The van der Waals surface area contributed by atoms with Crippen LogP contribution in [0, 0.1) is 6.92 Å². The van der Waals surface area contributed by atoms with Crippen LogP contribution in [0.4, 0.5) is 5.95 Å². The number of imidazole rings is 1. The summed E-state index contributed by atoms with van der Waals surface area (Å²) in [6, 6.07) is 7.61. The molecule has 2 aromatic heterocycles. The Bertz CT molecular complexity index is 1240. The molecule has 0 aliphatic carbocycles. The van der Waals surface area contributed by atoms with E-state index < -0.39 is 17.4 Å². The van der Waals surface area contributed by atoms with E-state index in [4.69, 9.17) is 4.74 Å². The minimum atomic E-state index is -0.875. The second kappa shape index (κ2) is 8.79. The van der Waals surface area contributed by atoms with Crippen LogP contribution in [0.1, 0.15) is 5.56 Å². The maximum absolute atomic E-state index is 13.0. The van der Waals surface area contributed by atoms with Gasteiger partial charge in [-0.3, -0.25) is 13.9 Å². The molecule has 1 fully saturated rings. The molecule has 0 amide bonds. The van der Waals surface area contributed by atoms with Gasteiger partial charge >= 0.3 is 5.69 Å². The highest BCUT2D eigenvalue weighted by atomic mass is 16.5. The quantitative estimate of drug-likeness (QED) is 0.571. The lowest BCUT2D eigenvalue weighted by atomic mass is 10.2. The Morgan fingerprint density at radius 1 is 1.06 bits per heavy atom. The molecule has 3 aromatic rings. The van der Waals surface area contributed by atoms with Gasteiger partial charge in [0.2, 0.25) is 5.95 Å². The van der Waals surface area contributed by atoms with Gasteiger partial charge in [-0.2, -0.15) is 4.98 Å².